The molecule has 0 bridgehead atoms. The first-order valence-electron chi connectivity index (χ1n) is 5.63. The zero-order chi connectivity index (χ0) is 13.6. The van der Waals surface area contributed by atoms with E-state index in [1.54, 1.807) is 25.3 Å². The number of ether oxygens (including phenoxy) is 2. The molecule has 1 rings (SSSR count). The Balaban J connectivity index is 2.66. The summed E-state index contributed by atoms with van der Waals surface area (Å²) in [4.78, 5) is 0.179. The second-order valence-electron chi connectivity index (χ2n) is 3.97. The molecule has 0 saturated carbocycles. The molecular formula is C12H19NO4S. The van der Waals surface area contributed by atoms with Crippen LogP contribution < -0.4 is 5.73 Å². The summed E-state index contributed by atoms with van der Waals surface area (Å²) in [5, 5.41) is 0. The first-order chi connectivity index (χ1) is 8.47. The highest BCUT2D eigenvalue weighted by atomic mass is 32.2. The van der Waals surface area contributed by atoms with Gasteiger partial charge >= 0.3 is 0 Å². The molecule has 0 aliphatic carbocycles. The Bertz CT molecular complexity index is 485. The molecule has 6 heteroatoms. The summed E-state index contributed by atoms with van der Waals surface area (Å²) in [7, 11) is -1.83. The van der Waals surface area contributed by atoms with Gasteiger partial charge in [-0.2, -0.15) is 0 Å². The number of hydrogen-bond donors (Lipinski definition) is 1. The van der Waals surface area contributed by atoms with Gasteiger partial charge in [-0.15, -0.1) is 0 Å². The van der Waals surface area contributed by atoms with Crippen molar-refractivity contribution in [3.63, 3.8) is 0 Å². The fraction of sp³-hybridized carbons (Fsp3) is 0.500. The third kappa shape index (κ3) is 4.29. The maximum absolute atomic E-state index is 12.0. The van der Waals surface area contributed by atoms with Gasteiger partial charge in [-0.05, 0) is 24.6 Å². The van der Waals surface area contributed by atoms with Crippen molar-refractivity contribution in [2.24, 2.45) is 0 Å². The van der Waals surface area contributed by atoms with Crippen molar-refractivity contribution < 1.29 is 17.9 Å². The molecule has 18 heavy (non-hydrogen) atoms. The molecule has 0 saturated heterocycles. The van der Waals surface area contributed by atoms with Crippen LogP contribution in [0.25, 0.3) is 0 Å². The highest BCUT2D eigenvalue weighted by molar-refractivity contribution is 7.91. The molecule has 2 N–H and O–H groups in total. The van der Waals surface area contributed by atoms with Gasteiger partial charge in [0.05, 0.1) is 36.2 Å². The van der Waals surface area contributed by atoms with Crippen molar-refractivity contribution >= 4 is 15.5 Å². The van der Waals surface area contributed by atoms with Gasteiger partial charge < -0.3 is 15.2 Å². The summed E-state index contributed by atoms with van der Waals surface area (Å²) in [6.07, 6.45) is 0. The summed E-state index contributed by atoms with van der Waals surface area (Å²) in [6, 6.07) is 4.97. The molecule has 0 fully saturated rings. The number of benzene rings is 1. The second-order valence-corrected chi connectivity index (χ2v) is 6.04. The average molecular weight is 273 g/mol. The van der Waals surface area contributed by atoms with Crippen LogP contribution in [0.2, 0.25) is 0 Å². The summed E-state index contributed by atoms with van der Waals surface area (Å²) < 4.78 is 34.0. The molecule has 0 aliphatic heterocycles. The molecule has 1 aromatic rings. The quantitative estimate of drug-likeness (QED) is 0.592. The Morgan fingerprint density at radius 1 is 1.22 bits per heavy atom. The van der Waals surface area contributed by atoms with Gasteiger partial charge in [0.1, 0.15) is 0 Å². The molecule has 0 aliphatic rings. The van der Waals surface area contributed by atoms with E-state index in [4.69, 9.17) is 15.2 Å². The zero-order valence-corrected chi connectivity index (χ0v) is 11.5. The van der Waals surface area contributed by atoms with Crippen LogP contribution in [0.1, 0.15) is 5.56 Å². The largest absolute Gasteiger partial charge is 0.398 e. The summed E-state index contributed by atoms with van der Waals surface area (Å²) >= 11 is 0. The lowest BCUT2D eigenvalue weighted by atomic mass is 10.2. The van der Waals surface area contributed by atoms with E-state index >= 15 is 0 Å². The fourth-order valence-electron chi connectivity index (χ4n) is 1.43. The number of nitrogens with two attached hydrogens (primary N) is 1. The predicted molar refractivity (Wildman–Crippen MR) is 70.3 cm³/mol. The van der Waals surface area contributed by atoms with Gasteiger partial charge in [0.15, 0.2) is 9.84 Å². The van der Waals surface area contributed by atoms with Crippen LogP contribution in [-0.4, -0.2) is 41.1 Å². The van der Waals surface area contributed by atoms with Gasteiger partial charge in [0.25, 0.3) is 0 Å². The van der Waals surface area contributed by atoms with Crippen LogP contribution in [-0.2, 0) is 19.3 Å². The maximum Gasteiger partial charge on any atom is 0.182 e. The molecule has 0 unspecified atom stereocenters. The van der Waals surface area contributed by atoms with E-state index in [9.17, 15) is 8.42 Å². The smallest absolute Gasteiger partial charge is 0.182 e. The van der Waals surface area contributed by atoms with E-state index in [1.165, 1.54) is 0 Å². The molecule has 0 radical (unpaired) electrons. The van der Waals surface area contributed by atoms with E-state index in [2.05, 4.69) is 0 Å². The van der Waals surface area contributed by atoms with E-state index in [0.717, 1.165) is 5.56 Å². The van der Waals surface area contributed by atoms with Crippen LogP contribution in [0.4, 0.5) is 5.69 Å². The predicted octanol–water partition coefficient (Wildman–Crippen LogP) is 1.01. The minimum Gasteiger partial charge on any atom is -0.398 e. The SMILES string of the molecule is COCCOCCS(=O)(=O)c1cc(C)ccc1N. The van der Waals surface area contributed by atoms with Crippen molar-refractivity contribution in [3.05, 3.63) is 23.8 Å². The highest BCUT2D eigenvalue weighted by Crippen LogP contribution is 2.20. The molecule has 0 amide bonds. The van der Waals surface area contributed by atoms with Gasteiger partial charge in [0.2, 0.25) is 0 Å². The minimum atomic E-state index is -3.39. The Morgan fingerprint density at radius 3 is 2.61 bits per heavy atom. The Morgan fingerprint density at radius 2 is 1.94 bits per heavy atom. The Labute approximate surface area is 108 Å². The maximum atomic E-state index is 12.0. The molecule has 0 atom stereocenters. The average Bonchev–Trinajstić information content (AvgIpc) is 2.32. The zero-order valence-electron chi connectivity index (χ0n) is 10.7. The standard InChI is InChI=1S/C12H19NO4S/c1-10-3-4-11(13)12(9-10)18(14,15)8-7-17-6-5-16-2/h3-4,9H,5-8,13H2,1-2H3. The van der Waals surface area contributed by atoms with Crippen molar-refractivity contribution in [1.29, 1.82) is 0 Å². The first-order valence-corrected chi connectivity index (χ1v) is 7.28. The molecule has 102 valence electrons. The fourth-order valence-corrected chi connectivity index (χ4v) is 2.78. The lowest BCUT2D eigenvalue weighted by Gasteiger charge is -2.09. The number of sulfone groups is 1. The Kier molecular flexibility index (Phi) is 5.58. The monoisotopic (exact) mass is 273 g/mol. The van der Waals surface area contributed by atoms with E-state index in [0.29, 0.717) is 13.2 Å². The van der Waals surface area contributed by atoms with Crippen LogP contribution >= 0.6 is 0 Å². The first kappa shape index (κ1) is 14.9. The van der Waals surface area contributed by atoms with Crippen LogP contribution in [0, 0.1) is 6.92 Å². The number of nitrogen functional groups attached to an aromatic ring is 1. The topological polar surface area (TPSA) is 78.6 Å². The number of anilines is 1. The van der Waals surface area contributed by atoms with Crippen molar-refractivity contribution in [3.8, 4) is 0 Å². The summed E-state index contributed by atoms with van der Waals surface area (Å²) in [5.74, 6) is -0.0790. The number of rotatable bonds is 7. The minimum absolute atomic E-state index is 0.0790. The lowest BCUT2D eigenvalue weighted by molar-refractivity contribution is 0.0785. The number of aryl methyl sites for hydroxylation is 1. The Hall–Kier alpha value is -1.11. The third-order valence-corrected chi connectivity index (χ3v) is 4.16. The van der Waals surface area contributed by atoms with Crippen molar-refractivity contribution in [1.82, 2.24) is 0 Å². The van der Waals surface area contributed by atoms with Crippen LogP contribution in [0.15, 0.2) is 23.1 Å². The molecule has 5 nitrogen and oxygen atoms in total. The van der Waals surface area contributed by atoms with Gasteiger partial charge in [-0.1, -0.05) is 6.07 Å². The van der Waals surface area contributed by atoms with E-state index in [-0.39, 0.29) is 22.9 Å². The molecular weight excluding hydrogens is 254 g/mol. The van der Waals surface area contributed by atoms with Crippen molar-refractivity contribution in [2.75, 3.05) is 38.4 Å². The van der Waals surface area contributed by atoms with Gasteiger partial charge in [0, 0.05) is 7.11 Å². The van der Waals surface area contributed by atoms with Gasteiger partial charge in [-0.3, -0.25) is 0 Å². The van der Waals surface area contributed by atoms with Crippen molar-refractivity contribution in [2.45, 2.75) is 11.8 Å². The van der Waals surface area contributed by atoms with Crippen LogP contribution in [0.5, 0.6) is 0 Å². The molecule has 0 heterocycles. The van der Waals surface area contributed by atoms with E-state index in [1.807, 2.05) is 6.92 Å². The summed E-state index contributed by atoms with van der Waals surface area (Å²) in [5.41, 5.74) is 6.83. The van der Waals surface area contributed by atoms with Gasteiger partial charge in [-0.25, -0.2) is 8.42 Å². The number of methoxy groups -OCH3 is 1. The lowest BCUT2D eigenvalue weighted by Crippen LogP contribution is -2.15. The molecule has 0 aromatic heterocycles. The highest BCUT2D eigenvalue weighted by Gasteiger charge is 2.17. The van der Waals surface area contributed by atoms with Crippen LogP contribution in [0.3, 0.4) is 0 Å². The summed E-state index contributed by atoms with van der Waals surface area (Å²) in [6.45, 7) is 2.80. The molecule has 0 spiro atoms. The third-order valence-electron chi connectivity index (χ3n) is 2.43. The van der Waals surface area contributed by atoms with E-state index < -0.39 is 9.84 Å². The molecule has 1 aromatic carbocycles. The second kappa shape index (κ2) is 6.72. The number of hydrogen-bond acceptors (Lipinski definition) is 5. The normalized spacial score (nSPS) is 11.7.